The summed E-state index contributed by atoms with van der Waals surface area (Å²) in [5, 5.41) is 19.7. The Labute approximate surface area is 176 Å². The molecule has 19 nitrogen and oxygen atoms in total. The highest BCUT2D eigenvalue weighted by Crippen LogP contribution is 2.60. The first-order valence-electron chi connectivity index (χ1n) is 8.19. The first-order chi connectivity index (χ1) is 14.6. The summed E-state index contributed by atoms with van der Waals surface area (Å²) in [6.45, 7) is -0.802. The fourth-order valence-electron chi connectivity index (χ4n) is 2.85. The lowest BCUT2D eigenvalue weighted by Gasteiger charge is -2.25. The van der Waals surface area contributed by atoms with E-state index in [-0.39, 0.29) is 17.1 Å². The van der Waals surface area contributed by atoms with Gasteiger partial charge in [-0.3, -0.25) is 18.9 Å². The summed E-state index contributed by atoms with van der Waals surface area (Å²) >= 11 is 0. The number of rotatable bonds is 8. The molecule has 2 unspecified atom stereocenters. The predicted octanol–water partition coefficient (Wildman–Crippen LogP) is -2.76. The van der Waals surface area contributed by atoms with Crippen molar-refractivity contribution in [3.05, 3.63) is 16.7 Å². The minimum absolute atomic E-state index is 0.200. The standard InChI is InChI=1S/C10H17N6O13P3/c11-10-13-7-4(8(19)14-10)12-2-16(7)9-6(5(18)3(1-17)27-9)28-30(20,21)15-31(22,23)29-32(24,25)26/h2-3,5-6,9,17-18H,1H2,(H2,24,25,26)(H3,11,13,14,19)(H3,15,20,21,22,23)/t3-,5-,6-,9-/m1/s1. The van der Waals surface area contributed by atoms with Gasteiger partial charge in [-0.2, -0.15) is 9.29 Å². The van der Waals surface area contributed by atoms with E-state index < -0.39 is 60.0 Å². The number of aliphatic hydroxyl groups excluding tert-OH is 2. The van der Waals surface area contributed by atoms with Crippen molar-refractivity contribution in [3.8, 4) is 0 Å². The molecule has 0 aromatic carbocycles. The van der Waals surface area contributed by atoms with Crippen molar-refractivity contribution in [2.75, 3.05) is 12.3 Å². The Morgan fingerprint density at radius 2 is 1.91 bits per heavy atom. The summed E-state index contributed by atoms with van der Waals surface area (Å²) in [4.78, 5) is 59.3. The molecule has 1 aliphatic heterocycles. The number of nitrogen functional groups attached to an aromatic ring is 1. The smallest absolute Gasteiger partial charge is 0.394 e. The van der Waals surface area contributed by atoms with Crippen LogP contribution in [0.15, 0.2) is 11.1 Å². The number of hydrogen-bond acceptors (Lipinski definition) is 12. The summed E-state index contributed by atoms with van der Waals surface area (Å²) in [7, 11) is -16.6. The largest absolute Gasteiger partial charge is 0.477 e. The minimum atomic E-state index is -5.58. The summed E-state index contributed by atoms with van der Waals surface area (Å²) in [6.07, 6.45) is -5.67. The Morgan fingerprint density at radius 1 is 1.25 bits per heavy atom. The van der Waals surface area contributed by atoms with Crippen LogP contribution in [0.2, 0.25) is 0 Å². The van der Waals surface area contributed by atoms with Gasteiger partial charge >= 0.3 is 23.3 Å². The molecule has 1 saturated heterocycles. The van der Waals surface area contributed by atoms with E-state index in [2.05, 4.69) is 19.3 Å². The molecule has 3 rings (SSSR count). The molecule has 1 fully saturated rings. The zero-order valence-corrected chi connectivity index (χ0v) is 18.1. The number of nitrogens with one attached hydrogen (secondary N) is 2. The van der Waals surface area contributed by atoms with Gasteiger partial charge in [0.15, 0.2) is 17.4 Å². The van der Waals surface area contributed by atoms with Gasteiger partial charge in [-0.05, 0) is 0 Å². The second-order valence-corrected chi connectivity index (χ2v) is 11.0. The van der Waals surface area contributed by atoms with Gasteiger partial charge in [0.1, 0.15) is 18.3 Å². The summed E-state index contributed by atoms with van der Waals surface area (Å²) in [6, 6.07) is 0. The molecular weight excluding hydrogens is 505 g/mol. The average Bonchev–Trinajstić information content (AvgIpc) is 3.13. The van der Waals surface area contributed by atoms with E-state index in [0.717, 1.165) is 15.8 Å². The monoisotopic (exact) mass is 522 g/mol. The fourth-order valence-corrected chi connectivity index (χ4v) is 6.50. The van der Waals surface area contributed by atoms with E-state index in [1.165, 1.54) is 0 Å². The molecule has 10 N–H and O–H groups in total. The predicted molar refractivity (Wildman–Crippen MR) is 100 cm³/mol. The number of aliphatic hydroxyl groups is 2. The molecule has 2 aromatic rings. The Morgan fingerprint density at radius 3 is 2.50 bits per heavy atom. The summed E-state index contributed by atoms with van der Waals surface area (Å²) < 4.78 is 49.4. The fraction of sp³-hybridized carbons (Fsp3) is 0.500. The molecule has 22 heteroatoms. The number of anilines is 1. The maximum Gasteiger partial charge on any atom is 0.477 e. The highest BCUT2D eigenvalue weighted by atomic mass is 31.3. The third-order valence-electron chi connectivity index (χ3n) is 3.95. The molecule has 180 valence electrons. The molecule has 3 heterocycles. The third-order valence-corrected chi connectivity index (χ3v) is 8.24. The number of nitrogens with two attached hydrogens (primary N) is 1. The van der Waals surface area contributed by atoms with E-state index in [1.807, 2.05) is 0 Å². The second kappa shape index (κ2) is 8.66. The van der Waals surface area contributed by atoms with E-state index in [4.69, 9.17) is 24.8 Å². The van der Waals surface area contributed by atoms with Crippen molar-refractivity contribution in [1.29, 1.82) is 0 Å². The number of aromatic amines is 1. The minimum Gasteiger partial charge on any atom is -0.394 e. The first kappa shape index (κ1) is 25.1. The van der Waals surface area contributed by atoms with Crippen LogP contribution < -0.4 is 16.2 Å². The number of imidazole rings is 1. The Balaban J connectivity index is 1.95. The van der Waals surface area contributed by atoms with Crippen molar-refractivity contribution in [2.24, 2.45) is 0 Å². The summed E-state index contributed by atoms with van der Waals surface area (Å²) in [5.41, 5.74) is 4.31. The number of hydrogen-bond donors (Lipinski definition) is 9. The Bertz CT molecular complexity index is 1210. The van der Waals surface area contributed by atoms with Crippen LogP contribution in [0.3, 0.4) is 0 Å². The first-order valence-corrected chi connectivity index (χ1v) is 12.9. The topological polar surface area (TPSA) is 302 Å². The van der Waals surface area contributed by atoms with Gasteiger partial charge in [0, 0.05) is 0 Å². The van der Waals surface area contributed by atoms with Gasteiger partial charge in [-0.1, -0.05) is 0 Å². The van der Waals surface area contributed by atoms with Crippen LogP contribution in [0.25, 0.3) is 11.2 Å². The van der Waals surface area contributed by atoms with E-state index in [0.29, 0.717) is 0 Å². The molecule has 0 radical (unpaired) electrons. The van der Waals surface area contributed by atoms with Crippen molar-refractivity contribution in [3.63, 3.8) is 0 Å². The van der Waals surface area contributed by atoms with E-state index >= 15 is 0 Å². The van der Waals surface area contributed by atoms with Crippen LogP contribution >= 0.6 is 23.3 Å². The highest BCUT2D eigenvalue weighted by molar-refractivity contribution is 7.70. The number of aromatic nitrogens is 4. The molecule has 6 atom stereocenters. The van der Waals surface area contributed by atoms with E-state index in [1.54, 1.807) is 0 Å². The number of phosphoric acid groups is 1. The quantitative estimate of drug-likeness (QED) is 0.159. The van der Waals surface area contributed by atoms with Crippen LogP contribution in [0.1, 0.15) is 6.23 Å². The number of nitrogens with zero attached hydrogens (tertiary/aromatic N) is 3. The molecule has 0 saturated carbocycles. The van der Waals surface area contributed by atoms with Crippen molar-refractivity contribution < 1.29 is 57.1 Å². The molecular formula is C10H17N6O13P3. The van der Waals surface area contributed by atoms with Crippen LogP contribution in [0.4, 0.5) is 5.95 Å². The second-order valence-electron chi connectivity index (χ2n) is 6.30. The molecule has 0 amide bonds. The molecule has 0 spiro atoms. The molecule has 1 aliphatic rings. The lowest BCUT2D eigenvalue weighted by Crippen LogP contribution is -2.35. The number of ether oxygens (including phenoxy) is 1. The van der Waals surface area contributed by atoms with Crippen LogP contribution in [0, 0.1) is 0 Å². The van der Waals surface area contributed by atoms with E-state index in [9.17, 15) is 38.5 Å². The SMILES string of the molecule is Nc1nc2c(ncn2[C@@H]2O[C@H](CO)[C@@H](O)[C@H]2OP(=O)(O)NP(=O)(O)OP(=O)(O)O)c(=O)[nH]1. The molecule has 32 heavy (non-hydrogen) atoms. The van der Waals surface area contributed by atoms with Gasteiger partial charge < -0.3 is 40.3 Å². The maximum atomic E-state index is 12.3. The van der Waals surface area contributed by atoms with Gasteiger partial charge in [0.05, 0.1) is 12.9 Å². The highest BCUT2D eigenvalue weighted by Gasteiger charge is 2.50. The van der Waals surface area contributed by atoms with Gasteiger partial charge in [-0.25, -0.2) is 18.7 Å². The third kappa shape index (κ3) is 5.49. The van der Waals surface area contributed by atoms with Gasteiger partial charge in [-0.15, -0.1) is 4.86 Å². The van der Waals surface area contributed by atoms with Crippen LogP contribution in [-0.2, 0) is 27.3 Å². The molecule has 0 aliphatic carbocycles. The lowest BCUT2D eigenvalue weighted by atomic mass is 10.1. The molecule has 2 aromatic heterocycles. The van der Waals surface area contributed by atoms with Crippen molar-refractivity contribution in [1.82, 2.24) is 24.4 Å². The zero-order valence-electron chi connectivity index (χ0n) is 15.4. The zero-order chi connectivity index (χ0) is 24.1. The normalized spacial score (nSPS) is 27.9. The average molecular weight is 522 g/mol. The van der Waals surface area contributed by atoms with Crippen LogP contribution in [0.5, 0.6) is 0 Å². The van der Waals surface area contributed by atoms with Crippen LogP contribution in [-0.4, -0.2) is 74.2 Å². The lowest BCUT2D eigenvalue weighted by molar-refractivity contribution is -0.0494. The number of fused-ring (bicyclic) bond motifs is 1. The number of H-pyrrole nitrogens is 1. The van der Waals surface area contributed by atoms with Crippen molar-refractivity contribution >= 4 is 40.4 Å². The summed E-state index contributed by atoms with van der Waals surface area (Å²) in [5.74, 6) is -0.329. The maximum absolute atomic E-state index is 12.3. The van der Waals surface area contributed by atoms with Gasteiger partial charge in [0.25, 0.3) is 5.56 Å². The Hall–Kier alpha value is -1.56. The van der Waals surface area contributed by atoms with Crippen molar-refractivity contribution in [2.45, 2.75) is 24.5 Å². The Kier molecular flexibility index (Phi) is 6.78. The van der Waals surface area contributed by atoms with Gasteiger partial charge in [0.2, 0.25) is 5.95 Å². The molecule has 0 bridgehead atoms.